The summed E-state index contributed by atoms with van der Waals surface area (Å²) in [7, 11) is 0. The number of halogens is 3. The first kappa shape index (κ1) is 33.5. The van der Waals surface area contributed by atoms with Crippen LogP contribution in [-0.4, -0.2) is 71.7 Å². The summed E-state index contributed by atoms with van der Waals surface area (Å²) in [6.07, 6.45) is 3.02. The molecule has 1 aliphatic carbocycles. The van der Waals surface area contributed by atoms with Gasteiger partial charge in [0.25, 0.3) is 0 Å². The summed E-state index contributed by atoms with van der Waals surface area (Å²) in [5.41, 5.74) is 1.40. The number of pyridine rings is 2. The van der Waals surface area contributed by atoms with E-state index in [0.717, 1.165) is 31.7 Å². The SMILES string of the molecule is Cc1ncc(-c2cc3c(C#N)nn4c3c(n2)CCCCCCOC[C@@]23C[C@@H](C(=O)Nc5nc(C(F)(F)F)ccc5C)N(C(=O)C4)C2[C@@H]3C)cn1. The van der Waals surface area contributed by atoms with Gasteiger partial charge in [0.2, 0.25) is 11.8 Å². The number of aromatic nitrogens is 6. The summed E-state index contributed by atoms with van der Waals surface area (Å²) in [5, 5.41) is 17.8. The number of anilines is 1. The quantitative estimate of drug-likeness (QED) is 0.308. The summed E-state index contributed by atoms with van der Waals surface area (Å²) in [4.78, 5) is 47.1. The zero-order chi connectivity index (χ0) is 35.4. The maximum Gasteiger partial charge on any atom is 0.433 e. The van der Waals surface area contributed by atoms with Crippen LogP contribution in [0, 0.1) is 36.5 Å². The Kier molecular flexibility index (Phi) is 8.53. The Morgan fingerprint density at radius 3 is 2.62 bits per heavy atom. The van der Waals surface area contributed by atoms with Gasteiger partial charge < -0.3 is 15.0 Å². The van der Waals surface area contributed by atoms with Crippen molar-refractivity contribution in [3.63, 3.8) is 0 Å². The highest BCUT2D eigenvalue weighted by molar-refractivity contribution is 5.98. The van der Waals surface area contributed by atoms with E-state index in [1.54, 1.807) is 37.2 Å². The predicted molar refractivity (Wildman–Crippen MR) is 174 cm³/mol. The minimum Gasteiger partial charge on any atom is -0.381 e. The molecule has 1 unspecified atom stereocenters. The highest BCUT2D eigenvalue weighted by atomic mass is 19.4. The van der Waals surface area contributed by atoms with E-state index in [1.807, 2.05) is 6.92 Å². The standard InChI is InChI=1S/C35H36F3N9O3/c1-19-9-10-28(35(36,37)38)43-32(19)44-33(49)27-13-34-18-50-11-7-5-4-6-8-24-30-23(12-25(42-24)22-15-40-21(3)41-16-22)26(14-39)45-46(30)17-29(48)47(27)31(34)20(34)2/h9-10,12,15-16,20,27,31H,4-8,11,13,17-18H2,1-3H3,(H,43,44,49)/t20-,27-,31?,34+/m0/s1. The average Bonchev–Trinajstić information content (AvgIpc) is 3.34. The molecule has 0 radical (unpaired) electrons. The summed E-state index contributed by atoms with van der Waals surface area (Å²) < 4.78 is 48.1. The van der Waals surface area contributed by atoms with Crippen LogP contribution in [0.5, 0.6) is 0 Å². The fourth-order valence-corrected chi connectivity index (χ4v) is 7.64. The van der Waals surface area contributed by atoms with Crippen LogP contribution in [0.4, 0.5) is 19.0 Å². The summed E-state index contributed by atoms with van der Waals surface area (Å²) >= 11 is 0. The van der Waals surface area contributed by atoms with Gasteiger partial charge in [-0.25, -0.2) is 15.0 Å². The number of piperidine rings is 1. The van der Waals surface area contributed by atoms with E-state index in [1.165, 1.54) is 10.7 Å². The summed E-state index contributed by atoms with van der Waals surface area (Å²) in [5.74, 6) is -0.601. The van der Waals surface area contributed by atoms with Gasteiger partial charge >= 0.3 is 6.18 Å². The van der Waals surface area contributed by atoms with Crippen molar-refractivity contribution in [3.05, 3.63) is 59.1 Å². The van der Waals surface area contributed by atoms with E-state index in [4.69, 9.17) is 9.72 Å². The Labute approximate surface area is 286 Å². The molecule has 2 aliphatic heterocycles. The average molecular weight is 688 g/mol. The summed E-state index contributed by atoms with van der Waals surface area (Å²) in [6.45, 7) is 5.98. The molecule has 2 amide bonds. The molecular weight excluding hydrogens is 651 g/mol. The normalized spacial score (nSPS) is 24.1. The van der Waals surface area contributed by atoms with Crippen LogP contribution in [0.3, 0.4) is 0 Å². The fourth-order valence-electron chi connectivity index (χ4n) is 7.64. The molecule has 1 saturated heterocycles. The van der Waals surface area contributed by atoms with Crippen molar-refractivity contribution in [1.29, 1.82) is 5.26 Å². The largest absolute Gasteiger partial charge is 0.433 e. The zero-order valence-corrected chi connectivity index (χ0v) is 27.9. The molecule has 15 heteroatoms. The molecule has 2 bridgehead atoms. The van der Waals surface area contributed by atoms with E-state index in [2.05, 4.69) is 31.4 Å². The minimum absolute atomic E-state index is 0.0279. The van der Waals surface area contributed by atoms with Crippen LogP contribution in [0.15, 0.2) is 30.6 Å². The van der Waals surface area contributed by atoms with Gasteiger partial charge in [-0.15, -0.1) is 0 Å². The zero-order valence-electron chi connectivity index (χ0n) is 27.9. The van der Waals surface area contributed by atoms with Crippen molar-refractivity contribution in [3.8, 4) is 17.3 Å². The van der Waals surface area contributed by atoms with Crippen molar-refractivity contribution in [2.24, 2.45) is 11.3 Å². The van der Waals surface area contributed by atoms with E-state index < -0.39 is 35.1 Å². The van der Waals surface area contributed by atoms with Gasteiger partial charge in [0, 0.05) is 41.4 Å². The van der Waals surface area contributed by atoms with Crippen LogP contribution in [-0.2, 0) is 33.5 Å². The van der Waals surface area contributed by atoms with E-state index in [-0.39, 0.29) is 36.4 Å². The van der Waals surface area contributed by atoms with Gasteiger partial charge in [0.15, 0.2) is 5.69 Å². The number of alkyl halides is 3. The Morgan fingerprint density at radius 2 is 1.88 bits per heavy atom. The molecule has 0 spiro atoms. The number of nitriles is 1. The second kappa shape index (κ2) is 12.7. The second-order valence-electron chi connectivity index (χ2n) is 13.5. The van der Waals surface area contributed by atoms with Crippen LogP contribution in [0.1, 0.15) is 67.5 Å². The Balaban J connectivity index is 1.27. The number of ether oxygens (including phenoxy) is 1. The van der Waals surface area contributed by atoms with E-state index >= 15 is 0 Å². The smallest absolute Gasteiger partial charge is 0.381 e. The van der Waals surface area contributed by atoms with Crippen LogP contribution in [0.25, 0.3) is 22.2 Å². The van der Waals surface area contributed by atoms with Crippen molar-refractivity contribution in [1.82, 2.24) is 34.6 Å². The lowest BCUT2D eigenvalue weighted by Crippen LogP contribution is -2.47. The Morgan fingerprint density at radius 1 is 1.12 bits per heavy atom. The van der Waals surface area contributed by atoms with Crippen molar-refractivity contribution in [2.45, 2.75) is 84.1 Å². The second-order valence-corrected chi connectivity index (χ2v) is 13.5. The molecule has 4 atom stereocenters. The Hall–Kier alpha value is -4.97. The van der Waals surface area contributed by atoms with Gasteiger partial charge in [-0.1, -0.05) is 25.8 Å². The lowest BCUT2D eigenvalue weighted by molar-refractivity contribution is -0.141. The molecule has 6 heterocycles. The molecule has 1 N–H and O–H groups in total. The predicted octanol–water partition coefficient (Wildman–Crippen LogP) is 5.17. The molecule has 0 aromatic carbocycles. The van der Waals surface area contributed by atoms with Crippen molar-refractivity contribution in [2.75, 3.05) is 18.5 Å². The first-order valence-corrected chi connectivity index (χ1v) is 16.8. The first-order chi connectivity index (χ1) is 23.9. The number of hydrogen-bond donors (Lipinski definition) is 1. The number of rotatable bonds is 3. The third-order valence-corrected chi connectivity index (χ3v) is 10.4. The lowest BCUT2D eigenvalue weighted by atomic mass is 9.96. The molecule has 7 rings (SSSR count). The number of nitrogens with one attached hydrogen (secondary N) is 1. The number of carbonyl (C=O) groups excluding carboxylic acids is 2. The molecule has 50 heavy (non-hydrogen) atoms. The van der Waals surface area contributed by atoms with E-state index in [0.29, 0.717) is 58.9 Å². The fraction of sp³-hybridized carbons (Fsp3) is 0.486. The molecule has 3 aliphatic rings. The number of carbonyl (C=O) groups is 2. The molecule has 4 aromatic heterocycles. The lowest BCUT2D eigenvalue weighted by Gasteiger charge is -2.28. The van der Waals surface area contributed by atoms with E-state index in [9.17, 15) is 28.0 Å². The molecule has 2 fully saturated rings. The molecule has 260 valence electrons. The van der Waals surface area contributed by atoms with Crippen molar-refractivity contribution >= 4 is 28.5 Å². The topological polar surface area (TPSA) is 152 Å². The maximum absolute atomic E-state index is 14.4. The van der Waals surface area contributed by atoms with Gasteiger partial charge in [-0.05, 0) is 63.1 Å². The van der Waals surface area contributed by atoms with Crippen LogP contribution in [0.2, 0.25) is 0 Å². The highest BCUT2D eigenvalue weighted by Gasteiger charge is 2.72. The van der Waals surface area contributed by atoms with Gasteiger partial charge in [0.1, 0.15) is 36.0 Å². The van der Waals surface area contributed by atoms with Gasteiger partial charge in [-0.2, -0.15) is 23.5 Å². The van der Waals surface area contributed by atoms with Crippen LogP contribution >= 0.6 is 0 Å². The molecule has 1 saturated carbocycles. The third-order valence-electron chi connectivity index (χ3n) is 10.4. The molecule has 4 aromatic rings. The highest BCUT2D eigenvalue weighted by Crippen LogP contribution is 2.64. The number of aryl methyl sites for hydroxylation is 3. The molecule has 12 nitrogen and oxygen atoms in total. The number of amides is 2. The summed E-state index contributed by atoms with van der Waals surface area (Å²) in [6, 6.07) is 4.74. The van der Waals surface area contributed by atoms with Crippen LogP contribution < -0.4 is 5.32 Å². The monoisotopic (exact) mass is 687 g/mol. The van der Waals surface area contributed by atoms with Crippen molar-refractivity contribution < 1.29 is 27.5 Å². The molecular formula is C35H36F3N9O3. The van der Waals surface area contributed by atoms with Gasteiger partial charge in [0.05, 0.1) is 23.5 Å². The number of nitrogens with zero attached hydrogens (tertiary/aromatic N) is 8. The Bertz CT molecular complexity index is 2020. The maximum atomic E-state index is 14.4. The van der Waals surface area contributed by atoms with Gasteiger partial charge in [-0.3, -0.25) is 19.3 Å². The minimum atomic E-state index is -4.69. The number of hydrogen-bond acceptors (Lipinski definition) is 9. The third kappa shape index (κ3) is 5.95. The first-order valence-electron chi connectivity index (χ1n) is 16.8.